The predicted molar refractivity (Wildman–Crippen MR) is 161 cm³/mol. The van der Waals surface area contributed by atoms with Gasteiger partial charge in [-0.1, -0.05) is 79.7 Å². The number of hydrogen-bond donors (Lipinski definition) is 1. The van der Waals surface area contributed by atoms with E-state index in [-0.39, 0.29) is 17.5 Å². The first-order valence-electron chi connectivity index (χ1n) is 14.4. The van der Waals surface area contributed by atoms with Crippen LogP contribution >= 0.6 is 0 Å². The Bertz CT molecular complexity index is 1730. The average Bonchev–Trinajstić information content (AvgIpc) is 3.52. The number of hydrogen-bond acceptors (Lipinski definition) is 5. The fraction of sp³-hybridized carbons (Fsp3) is 0.194. The van der Waals surface area contributed by atoms with Gasteiger partial charge in [0.25, 0.3) is 0 Å². The van der Waals surface area contributed by atoms with Gasteiger partial charge in [0, 0.05) is 23.0 Å². The first-order chi connectivity index (χ1) is 20.6. The van der Waals surface area contributed by atoms with E-state index in [1.807, 2.05) is 90.8 Å². The maximum atomic E-state index is 14.9. The number of ether oxygens (including phenoxy) is 1. The number of Topliss-reactive ketones (excluding diaryl/α,β-unsaturated/α-hetero) is 2. The Morgan fingerprint density at radius 2 is 1.52 bits per heavy atom. The molecule has 1 fully saturated rings. The zero-order valence-electron chi connectivity index (χ0n) is 23.2. The SMILES string of the molecule is CCCOc1ccc(C(=O)[C@@H]2[C@H](C(=O)c3ccccc3)N3C=Cc4ccccc4[C@H]3[C@@]23C(=O)Nc2ccccc23)cc1. The number of nitrogens with zero attached hydrogens (tertiary/aromatic N) is 1. The summed E-state index contributed by atoms with van der Waals surface area (Å²) in [4.78, 5) is 45.8. The smallest absolute Gasteiger partial charge is 0.238 e. The van der Waals surface area contributed by atoms with Crippen molar-refractivity contribution >= 4 is 29.2 Å². The third-order valence-electron chi connectivity index (χ3n) is 8.79. The number of rotatable bonds is 7. The van der Waals surface area contributed by atoms with Crippen LogP contribution in [-0.2, 0) is 10.2 Å². The summed E-state index contributed by atoms with van der Waals surface area (Å²) in [6.07, 6.45) is 4.73. The third kappa shape index (κ3) is 3.75. The van der Waals surface area contributed by atoms with E-state index in [2.05, 4.69) is 5.32 Å². The number of carbonyl (C=O) groups excluding carboxylic acids is 3. The number of anilines is 1. The highest BCUT2D eigenvalue weighted by atomic mass is 16.5. The van der Waals surface area contributed by atoms with E-state index in [4.69, 9.17) is 4.74 Å². The van der Waals surface area contributed by atoms with Gasteiger partial charge in [0.05, 0.1) is 18.6 Å². The molecule has 6 nitrogen and oxygen atoms in total. The molecular weight excluding hydrogens is 524 g/mol. The average molecular weight is 555 g/mol. The maximum absolute atomic E-state index is 14.9. The van der Waals surface area contributed by atoms with E-state index in [0.29, 0.717) is 29.2 Å². The molecule has 4 aromatic rings. The van der Waals surface area contributed by atoms with Crippen LogP contribution in [0.15, 0.2) is 109 Å². The maximum Gasteiger partial charge on any atom is 0.238 e. The summed E-state index contributed by atoms with van der Waals surface area (Å²) in [7, 11) is 0. The van der Waals surface area contributed by atoms with Crippen LogP contribution in [0, 0.1) is 5.92 Å². The van der Waals surface area contributed by atoms with Crippen LogP contribution in [0.25, 0.3) is 6.08 Å². The molecule has 6 heteroatoms. The van der Waals surface area contributed by atoms with Crippen molar-refractivity contribution in [3.05, 3.63) is 137 Å². The van der Waals surface area contributed by atoms with Gasteiger partial charge in [-0.15, -0.1) is 0 Å². The van der Waals surface area contributed by atoms with Crippen molar-refractivity contribution in [3.8, 4) is 5.75 Å². The topological polar surface area (TPSA) is 75.7 Å². The number of benzene rings is 4. The van der Waals surface area contributed by atoms with E-state index in [0.717, 1.165) is 23.1 Å². The Morgan fingerprint density at radius 1 is 0.833 bits per heavy atom. The Labute approximate surface area is 244 Å². The fourth-order valence-corrected chi connectivity index (χ4v) is 7.06. The van der Waals surface area contributed by atoms with Crippen LogP contribution in [0.5, 0.6) is 5.75 Å². The minimum Gasteiger partial charge on any atom is -0.494 e. The molecule has 1 N–H and O–H groups in total. The molecule has 0 saturated carbocycles. The molecule has 0 radical (unpaired) electrons. The number of para-hydroxylation sites is 1. The van der Waals surface area contributed by atoms with Crippen LogP contribution in [0.4, 0.5) is 5.69 Å². The summed E-state index contributed by atoms with van der Waals surface area (Å²) in [6.45, 7) is 2.61. The molecule has 1 amide bonds. The van der Waals surface area contributed by atoms with E-state index in [1.165, 1.54) is 0 Å². The fourth-order valence-electron chi connectivity index (χ4n) is 7.06. The van der Waals surface area contributed by atoms with Gasteiger partial charge in [0.15, 0.2) is 11.6 Å². The van der Waals surface area contributed by atoms with Crippen molar-refractivity contribution in [3.63, 3.8) is 0 Å². The molecule has 3 aliphatic rings. The van der Waals surface area contributed by atoms with Crippen molar-refractivity contribution in [2.24, 2.45) is 5.92 Å². The minimum absolute atomic E-state index is 0.195. The summed E-state index contributed by atoms with van der Waals surface area (Å²) < 4.78 is 5.76. The Hall–Kier alpha value is -4.97. The summed E-state index contributed by atoms with van der Waals surface area (Å²) in [5.41, 5.74) is 2.87. The highest BCUT2D eigenvalue weighted by Gasteiger charge is 2.70. The van der Waals surface area contributed by atoms with Crippen LogP contribution in [0.1, 0.15) is 56.8 Å². The van der Waals surface area contributed by atoms with Gasteiger partial charge < -0.3 is 15.0 Å². The van der Waals surface area contributed by atoms with Crippen molar-refractivity contribution in [2.45, 2.75) is 30.8 Å². The molecule has 3 heterocycles. The van der Waals surface area contributed by atoms with E-state index in [1.54, 1.807) is 36.4 Å². The molecule has 1 saturated heterocycles. The predicted octanol–water partition coefficient (Wildman–Crippen LogP) is 6.46. The molecule has 1 spiro atoms. The molecule has 0 bridgehead atoms. The first kappa shape index (κ1) is 26.0. The molecule has 0 aliphatic carbocycles. The van der Waals surface area contributed by atoms with E-state index < -0.39 is 23.4 Å². The van der Waals surface area contributed by atoms with Crippen molar-refractivity contribution in [1.82, 2.24) is 4.90 Å². The summed E-state index contributed by atoms with van der Waals surface area (Å²) >= 11 is 0. The van der Waals surface area contributed by atoms with Crippen LogP contribution in [-0.4, -0.2) is 35.0 Å². The van der Waals surface area contributed by atoms with Gasteiger partial charge in [-0.2, -0.15) is 0 Å². The zero-order chi connectivity index (χ0) is 28.8. The number of ketones is 2. The van der Waals surface area contributed by atoms with Gasteiger partial charge in [-0.3, -0.25) is 14.4 Å². The lowest BCUT2D eigenvalue weighted by molar-refractivity contribution is -0.122. The van der Waals surface area contributed by atoms with Crippen LogP contribution < -0.4 is 10.1 Å². The zero-order valence-corrected chi connectivity index (χ0v) is 23.2. The second-order valence-corrected chi connectivity index (χ2v) is 11.1. The summed E-state index contributed by atoms with van der Waals surface area (Å²) in [5.74, 6) is -1.05. The van der Waals surface area contributed by atoms with Gasteiger partial charge in [-0.25, -0.2) is 0 Å². The van der Waals surface area contributed by atoms with Crippen LogP contribution in [0.2, 0.25) is 0 Å². The van der Waals surface area contributed by atoms with E-state index in [9.17, 15) is 14.4 Å². The number of carbonyl (C=O) groups is 3. The van der Waals surface area contributed by atoms with Gasteiger partial charge in [-0.05, 0) is 59.5 Å². The van der Waals surface area contributed by atoms with Crippen LogP contribution in [0.3, 0.4) is 0 Å². The minimum atomic E-state index is -1.35. The van der Waals surface area contributed by atoms with Gasteiger partial charge in [0.1, 0.15) is 17.2 Å². The molecule has 208 valence electrons. The number of amides is 1. The molecule has 7 rings (SSSR count). The lowest BCUT2D eigenvalue weighted by Gasteiger charge is -2.38. The summed E-state index contributed by atoms with van der Waals surface area (Å²) in [6, 6.07) is 30.1. The van der Waals surface area contributed by atoms with Crippen molar-refractivity contribution < 1.29 is 19.1 Å². The monoisotopic (exact) mass is 554 g/mol. The largest absolute Gasteiger partial charge is 0.494 e. The number of nitrogens with one attached hydrogen (secondary N) is 1. The second-order valence-electron chi connectivity index (χ2n) is 11.1. The van der Waals surface area contributed by atoms with Gasteiger partial charge in [0.2, 0.25) is 5.91 Å². The normalized spacial score (nSPS) is 23.2. The third-order valence-corrected chi connectivity index (χ3v) is 8.79. The lowest BCUT2D eigenvalue weighted by Crippen LogP contribution is -2.49. The second kappa shape index (κ2) is 10.1. The molecular formula is C36H30N2O4. The Morgan fingerprint density at radius 3 is 2.31 bits per heavy atom. The molecule has 4 aromatic carbocycles. The number of fused-ring (bicyclic) bond motifs is 6. The lowest BCUT2D eigenvalue weighted by atomic mass is 9.62. The highest BCUT2D eigenvalue weighted by molar-refractivity contribution is 6.16. The van der Waals surface area contributed by atoms with Gasteiger partial charge >= 0.3 is 0 Å². The van der Waals surface area contributed by atoms with Crippen molar-refractivity contribution in [1.29, 1.82) is 0 Å². The van der Waals surface area contributed by atoms with E-state index >= 15 is 0 Å². The Balaban J connectivity index is 1.47. The molecule has 0 aromatic heterocycles. The Kier molecular flexibility index (Phi) is 6.27. The molecule has 4 atom stereocenters. The summed E-state index contributed by atoms with van der Waals surface area (Å²) in [5, 5.41) is 3.09. The highest BCUT2D eigenvalue weighted by Crippen LogP contribution is 2.62. The van der Waals surface area contributed by atoms with Crippen molar-refractivity contribution in [2.75, 3.05) is 11.9 Å². The standard InChI is InChI=1S/C36H30N2O4/c1-2-22-42-26-18-16-25(17-19-26)32(39)30-31(33(40)24-11-4-3-5-12-24)38-21-20-23-10-6-7-13-27(23)34(38)36(30)28-14-8-9-15-29(28)37-35(36)41/h3-21,30-31,34H,2,22H2,1H3,(H,37,41)/t30-,31+,34-,36-/m0/s1. The molecule has 3 aliphatic heterocycles. The molecule has 42 heavy (non-hydrogen) atoms. The quantitative estimate of drug-likeness (QED) is 0.266. The molecule has 0 unspecified atom stereocenters. The first-order valence-corrected chi connectivity index (χ1v) is 14.4.